The first-order valence-corrected chi connectivity index (χ1v) is 8.77. The summed E-state index contributed by atoms with van der Waals surface area (Å²) in [7, 11) is 0. The fourth-order valence-corrected chi connectivity index (χ4v) is 3.64. The van der Waals surface area contributed by atoms with E-state index in [2.05, 4.69) is 21.0 Å². The number of nitrogens with one attached hydrogen (secondary N) is 1. The lowest BCUT2D eigenvalue weighted by atomic mass is 9.97. The van der Waals surface area contributed by atoms with E-state index in [4.69, 9.17) is 0 Å². The third-order valence-electron chi connectivity index (χ3n) is 4.06. The fraction of sp³-hybridized carbons (Fsp3) is 0.438. The zero-order chi connectivity index (χ0) is 18.4. The topological polar surface area (TPSA) is 109 Å². The van der Waals surface area contributed by atoms with Gasteiger partial charge in [-0.1, -0.05) is 0 Å². The van der Waals surface area contributed by atoms with Crippen LogP contribution in [0.4, 0.5) is 0 Å². The number of hydrogen-bond acceptors (Lipinski definition) is 6. The van der Waals surface area contributed by atoms with Gasteiger partial charge in [0.05, 0.1) is 10.9 Å². The summed E-state index contributed by atoms with van der Waals surface area (Å²) in [5.74, 6) is 0.577. The first-order valence-electron chi connectivity index (χ1n) is 7.95. The highest BCUT2D eigenvalue weighted by Gasteiger charge is 2.26. The van der Waals surface area contributed by atoms with E-state index in [0.717, 1.165) is 4.88 Å². The lowest BCUT2D eigenvalue weighted by Gasteiger charge is -2.09. The molecule has 130 valence electrons. The van der Waals surface area contributed by atoms with Gasteiger partial charge < -0.3 is 4.57 Å². The lowest BCUT2D eigenvalue weighted by Crippen LogP contribution is -2.30. The number of aryl methyl sites for hydroxylation is 2. The molecule has 0 fully saturated rings. The van der Waals surface area contributed by atoms with E-state index in [1.54, 1.807) is 24.6 Å². The van der Waals surface area contributed by atoms with Crippen molar-refractivity contribution in [1.29, 1.82) is 5.26 Å². The normalized spacial score (nSPS) is 11.8. The molecule has 0 unspecified atom stereocenters. The van der Waals surface area contributed by atoms with Gasteiger partial charge in [0, 0.05) is 19.3 Å². The molecular formula is C16H18N6O2S. The maximum Gasteiger partial charge on any atom is 0.330 e. The van der Waals surface area contributed by atoms with Crippen LogP contribution in [0.2, 0.25) is 0 Å². The van der Waals surface area contributed by atoms with Gasteiger partial charge in [-0.2, -0.15) is 5.26 Å². The second kappa shape index (κ2) is 5.97. The number of rotatable bonds is 4. The van der Waals surface area contributed by atoms with Crippen LogP contribution in [0, 0.1) is 11.3 Å². The van der Waals surface area contributed by atoms with Crippen LogP contribution in [0.1, 0.15) is 32.7 Å². The first kappa shape index (κ1) is 17.1. The van der Waals surface area contributed by atoms with Crippen molar-refractivity contribution in [2.45, 2.75) is 46.2 Å². The van der Waals surface area contributed by atoms with Gasteiger partial charge in [0.1, 0.15) is 10.4 Å². The molecule has 0 bridgehead atoms. The number of aromatic amines is 1. The average molecular weight is 358 g/mol. The number of H-pyrrole nitrogens is 1. The number of thiazole rings is 1. The highest BCUT2D eigenvalue weighted by Crippen LogP contribution is 2.33. The summed E-state index contributed by atoms with van der Waals surface area (Å²) >= 11 is 1.37. The van der Waals surface area contributed by atoms with Crippen LogP contribution in [0.15, 0.2) is 15.8 Å². The Morgan fingerprint density at radius 1 is 1.28 bits per heavy atom. The molecule has 25 heavy (non-hydrogen) atoms. The second-order valence-electron chi connectivity index (χ2n) is 6.12. The van der Waals surface area contributed by atoms with Crippen LogP contribution in [-0.4, -0.2) is 24.1 Å². The highest BCUT2D eigenvalue weighted by atomic mass is 32.1. The largest absolute Gasteiger partial charge is 0.330 e. The Labute approximate surface area is 147 Å². The number of nitrogens with zero attached hydrogens (tertiary/aromatic N) is 5. The minimum atomic E-state index is -0.699. The molecule has 0 aromatic carbocycles. The number of hydrogen-bond donors (Lipinski definition) is 1. The predicted molar refractivity (Wildman–Crippen MR) is 95.7 cm³/mol. The Morgan fingerprint density at radius 3 is 2.56 bits per heavy atom. The van der Waals surface area contributed by atoms with Crippen LogP contribution in [0.3, 0.4) is 0 Å². The minimum Gasteiger partial charge on any atom is -0.318 e. The minimum absolute atomic E-state index is 0.364. The fourth-order valence-electron chi connectivity index (χ4n) is 2.68. The van der Waals surface area contributed by atoms with E-state index < -0.39 is 16.7 Å². The molecule has 0 radical (unpaired) electrons. The lowest BCUT2D eigenvalue weighted by molar-refractivity contribution is 0.680. The SMILES string of the molecule is CCn1c(-c2cnc(C(C)(C)C#N)s2)nc2c1c(=O)[nH]c(=O)n2CC. The third kappa shape index (κ3) is 2.59. The van der Waals surface area contributed by atoms with Crippen LogP contribution < -0.4 is 11.2 Å². The van der Waals surface area contributed by atoms with Gasteiger partial charge in [-0.25, -0.2) is 14.8 Å². The molecule has 0 amide bonds. The van der Waals surface area contributed by atoms with Crippen molar-refractivity contribution in [1.82, 2.24) is 24.1 Å². The third-order valence-corrected chi connectivity index (χ3v) is 5.38. The van der Waals surface area contributed by atoms with Crippen molar-refractivity contribution in [3.63, 3.8) is 0 Å². The molecule has 8 nitrogen and oxygen atoms in total. The molecule has 0 saturated heterocycles. The summed E-state index contributed by atoms with van der Waals surface area (Å²) in [6, 6.07) is 2.23. The standard InChI is InChI=1S/C16H18N6O2S/c1-5-21-10-12(22(6-2)15(24)20-13(10)23)19-11(21)9-7-18-14(25-9)16(3,4)8-17/h7H,5-6H2,1-4H3,(H,20,23,24). The quantitative estimate of drug-likeness (QED) is 0.765. The van der Waals surface area contributed by atoms with Gasteiger partial charge >= 0.3 is 5.69 Å². The van der Waals surface area contributed by atoms with Gasteiger partial charge in [-0.3, -0.25) is 14.3 Å². The maximum atomic E-state index is 12.3. The second-order valence-corrected chi connectivity index (χ2v) is 7.15. The monoisotopic (exact) mass is 358 g/mol. The molecule has 3 aromatic heterocycles. The Balaban J connectivity index is 2.32. The highest BCUT2D eigenvalue weighted by molar-refractivity contribution is 7.15. The van der Waals surface area contributed by atoms with Crippen LogP contribution in [0.25, 0.3) is 21.9 Å². The molecule has 0 spiro atoms. The molecule has 3 aromatic rings. The van der Waals surface area contributed by atoms with Crippen molar-refractivity contribution < 1.29 is 0 Å². The molecular weight excluding hydrogens is 340 g/mol. The van der Waals surface area contributed by atoms with Crippen LogP contribution >= 0.6 is 11.3 Å². The van der Waals surface area contributed by atoms with Gasteiger partial charge in [-0.15, -0.1) is 11.3 Å². The molecule has 0 atom stereocenters. The summed E-state index contributed by atoms with van der Waals surface area (Å²) in [5, 5.41) is 9.97. The van der Waals surface area contributed by atoms with E-state index in [0.29, 0.717) is 35.1 Å². The number of fused-ring (bicyclic) bond motifs is 1. The molecule has 3 heterocycles. The Morgan fingerprint density at radius 2 is 1.96 bits per heavy atom. The zero-order valence-corrected chi connectivity index (χ0v) is 15.3. The summed E-state index contributed by atoms with van der Waals surface area (Å²) in [5.41, 5.74) is -0.888. The van der Waals surface area contributed by atoms with E-state index in [1.807, 2.05) is 13.8 Å². The number of imidazole rings is 1. The molecule has 0 aliphatic carbocycles. The van der Waals surface area contributed by atoms with Crippen molar-refractivity contribution in [2.75, 3.05) is 0 Å². The van der Waals surface area contributed by atoms with Crippen molar-refractivity contribution in [3.05, 3.63) is 32.0 Å². The molecule has 0 saturated carbocycles. The van der Waals surface area contributed by atoms with Crippen molar-refractivity contribution >= 4 is 22.5 Å². The average Bonchev–Trinajstić information content (AvgIpc) is 3.19. The van der Waals surface area contributed by atoms with Crippen molar-refractivity contribution in [2.24, 2.45) is 0 Å². The molecule has 0 aliphatic heterocycles. The molecule has 9 heteroatoms. The first-order chi connectivity index (χ1) is 11.8. The molecule has 3 rings (SSSR count). The van der Waals surface area contributed by atoms with Crippen molar-refractivity contribution in [3.8, 4) is 16.8 Å². The predicted octanol–water partition coefficient (Wildman–Crippen LogP) is 1.85. The summed E-state index contributed by atoms with van der Waals surface area (Å²) < 4.78 is 3.21. The van der Waals surface area contributed by atoms with Gasteiger partial charge in [0.25, 0.3) is 5.56 Å². The molecule has 1 N–H and O–H groups in total. The Bertz CT molecular complexity index is 1110. The maximum absolute atomic E-state index is 12.3. The van der Waals surface area contributed by atoms with Crippen LogP contribution in [0.5, 0.6) is 0 Å². The summed E-state index contributed by atoms with van der Waals surface area (Å²) in [6.45, 7) is 8.26. The van der Waals surface area contributed by atoms with Gasteiger partial charge in [0.15, 0.2) is 17.0 Å². The smallest absolute Gasteiger partial charge is 0.318 e. The zero-order valence-electron chi connectivity index (χ0n) is 14.5. The van der Waals surface area contributed by atoms with E-state index in [9.17, 15) is 14.9 Å². The van der Waals surface area contributed by atoms with Gasteiger partial charge in [-0.05, 0) is 27.7 Å². The summed E-state index contributed by atoms with van der Waals surface area (Å²) in [4.78, 5) is 36.3. The Hall–Kier alpha value is -2.73. The van der Waals surface area contributed by atoms with E-state index in [1.165, 1.54) is 15.9 Å². The van der Waals surface area contributed by atoms with E-state index in [-0.39, 0.29) is 0 Å². The summed E-state index contributed by atoms with van der Waals surface area (Å²) in [6.07, 6.45) is 1.66. The number of nitriles is 1. The van der Waals surface area contributed by atoms with Crippen LogP contribution in [-0.2, 0) is 18.5 Å². The Kier molecular flexibility index (Phi) is 4.08. The molecule has 0 aliphatic rings. The van der Waals surface area contributed by atoms with Gasteiger partial charge in [0.2, 0.25) is 0 Å². The number of aromatic nitrogens is 5. The van der Waals surface area contributed by atoms with E-state index >= 15 is 0 Å².